The average Bonchev–Trinajstić information content (AvgIpc) is 3.05. The molecule has 0 aliphatic carbocycles. The van der Waals surface area contributed by atoms with Crippen LogP contribution in [0.3, 0.4) is 0 Å². The van der Waals surface area contributed by atoms with E-state index in [0.29, 0.717) is 5.75 Å². The molecule has 2 aromatic carbocycles. The number of amides is 1. The maximum absolute atomic E-state index is 14.2. The molecule has 0 saturated carbocycles. The van der Waals surface area contributed by atoms with Gasteiger partial charge < -0.3 is 14.7 Å². The first-order chi connectivity index (χ1) is 12.4. The van der Waals surface area contributed by atoms with Crippen molar-refractivity contribution < 1.29 is 23.8 Å². The van der Waals surface area contributed by atoms with Gasteiger partial charge in [0.2, 0.25) is 0 Å². The number of aliphatic carboxylic acids is 1. The molecule has 2 heterocycles. The fourth-order valence-corrected chi connectivity index (χ4v) is 4.01. The minimum atomic E-state index is -1.25. The van der Waals surface area contributed by atoms with E-state index in [1.54, 1.807) is 12.1 Å². The molecule has 1 N–H and O–H groups in total. The maximum atomic E-state index is 14.2. The van der Waals surface area contributed by atoms with Gasteiger partial charge >= 0.3 is 5.97 Å². The van der Waals surface area contributed by atoms with Crippen LogP contribution >= 0.6 is 11.6 Å². The minimum absolute atomic E-state index is 0.0359. The summed E-state index contributed by atoms with van der Waals surface area (Å²) in [6.45, 7) is 0.0927. The van der Waals surface area contributed by atoms with Crippen molar-refractivity contribution in [2.75, 3.05) is 19.7 Å². The first-order valence-corrected chi connectivity index (χ1v) is 8.50. The zero-order chi connectivity index (χ0) is 18.5. The third kappa shape index (κ3) is 2.36. The lowest BCUT2D eigenvalue weighted by Gasteiger charge is -2.35. The zero-order valence-electron chi connectivity index (χ0n) is 13.6. The molecule has 1 saturated heterocycles. The van der Waals surface area contributed by atoms with Gasteiger partial charge in [-0.25, -0.2) is 4.39 Å². The molecular weight excluding hydrogens is 361 g/mol. The van der Waals surface area contributed by atoms with Crippen LogP contribution in [-0.2, 0) is 4.79 Å². The summed E-state index contributed by atoms with van der Waals surface area (Å²) in [5.41, 5.74) is -0.659. The van der Waals surface area contributed by atoms with Gasteiger partial charge in [-0.2, -0.15) is 0 Å². The van der Waals surface area contributed by atoms with Crippen molar-refractivity contribution in [3.63, 3.8) is 0 Å². The number of benzene rings is 2. The van der Waals surface area contributed by atoms with E-state index in [2.05, 4.69) is 0 Å². The highest BCUT2D eigenvalue weighted by atomic mass is 35.5. The number of carbonyl (C=O) groups is 2. The molecule has 0 aromatic heterocycles. The zero-order valence-corrected chi connectivity index (χ0v) is 14.4. The highest BCUT2D eigenvalue weighted by Crippen LogP contribution is 2.50. The van der Waals surface area contributed by atoms with Gasteiger partial charge in [0.15, 0.2) is 5.82 Å². The molecule has 0 radical (unpaired) electrons. The summed E-state index contributed by atoms with van der Waals surface area (Å²) < 4.78 is 19.9. The normalized spacial score (nSPS) is 23.8. The first kappa shape index (κ1) is 16.8. The number of carbonyl (C=O) groups excluding carboxylic acids is 1. The molecule has 1 amide bonds. The van der Waals surface area contributed by atoms with Crippen molar-refractivity contribution in [3.8, 4) is 5.75 Å². The van der Waals surface area contributed by atoms with Crippen LogP contribution < -0.4 is 4.74 Å². The van der Waals surface area contributed by atoms with E-state index in [1.807, 2.05) is 12.1 Å². The Balaban J connectivity index is 1.73. The molecule has 1 fully saturated rings. The van der Waals surface area contributed by atoms with Crippen molar-refractivity contribution in [3.05, 3.63) is 64.4 Å². The highest BCUT2D eigenvalue weighted by Gasteiger charge is 2.57. The number of halogens is 2. The third-order valence-electron chi connectivity index (χ3n) is 5.22. The Labute approximate surface area is 153 Å². The molecule has 5 nitrogen and oxygen atoms in total. The number of hydrogen-bond acceptors (Lipinski definition) is 3. The van der Waals surface area contributed by atoms with Crippen molar-refractivity contribution in [1.82, 2.24) is 4.90 Å². The number of carboxylic acid groups (broad SMARTS) is 1. The number of nitrogens with zero attached hydrogens (tertiary/aromatic N) is 1. The van der Waals surface area contributed by atoms with E-state index in [0.717, 1.165) is 5.56 Å². The number of hydrogen-bond donors (Lipinski definition) is 1. The van der Waals surface area contributed by atoms with Gasteiger partial charge in [0.1, 0.15) is 17.8 Å². The summed E-state index contributed by atoms with van der Waals surface area (Å²) in [5, 5.41) is 9.74. The van der Waals surface area contributed by atoms with Crippen LogP contribution in [0.2, 0.25) is 5.02 Å². The monoisotopic (exact) mass is 375 g/mol. The van der Waals surface area contributed by atoms with Crippen LogP contribution in [0.15, 0.2) is 42.5 Å². The number of likely N-dealkylation sites (tertiary alicyclic amines) is 1. The first-order valence-electron chi connectivity index (χ1n) is 8.12. The van der Waals surface area contributed by atoms with E-state index in [1.165, 1.54) is 23.1 Å². The Morgan fingerprint density at radius 1 is 1.23 bits per heavy atom. The molecule has 2 aromatic rings. The fourth-order valence-electron chi connectivity index (χ4n) is 3.83. The summed E-state index contributed by atoms with van der Waals surface area (Å²) in [6.07, 6.45) is 0. The van der Waals surface area contributed by atoms with E-state index >= 15 is 0 Å². The summed E-state index contributed by atoms with van der Waals surface area (Å²) in [6, 6.07) is 11.4. The van der Waals surface area contributed by atoms with Crippen LogP contribution in [0.25, 0.3) is 0 Å². The van der Waals surface area contributed by atoms with Crippen molar-refractivity contribution in [1.29, 1.82) is 0 Å². The Hall–Kier alpha value is -2.60. The molecule has 7 heteroatoms. The Bertz CT molecular complexity index is 918. The smallest absolute Gasteiger partial charge is 0.315 e. The number of carboxylic acids is 1. The molecular formula is C19H15ClFNO4. The Morgan fingerprint density at radius 2 is 2.00 bits per heavy atom. The van der Waals surface area contributed by atoms with Crippen LogP contribution in [0.1, 0.15) is 21.8 Å². The van der Waals surface area contributed by atoms with E-state index < -0.39 is 29.0 Å². The largest absolute Gasteiger partial charge is 0.492 e. The van der Waals surface area contributed by atoms with Gasteiger partial charge in [-0.3, -0.25) is 9.59 Å². The second-order valence-corrected chi connectivity index (χ2v) is 7.03. The van der Waals surface area contributed by atoms with Gasteiger partial charge in [-0.05, 0) is 18.2 Å². The van der Waals surface area contributed by atoms with E-state index in [9.17, 15) is 19.1 Å². The van der Waals surface area contributed by atoms with E-state index in [-0.39, 0.29) is 30.3 Å². The molecule has 134 valence electrons. The van der Waals surface area contributed by atoms with Gasteiger partial charge in [-0.1, -0.05) is 35.9 Å². The number of ether oxygens (including phenoxy) is 1. The molecule has 4 rings (SSSR count). The van der Waals surface area contributed by atoms with Crippen molar-refractivity contribution in [2.45, 2.75) is 5.92 Å². The van der Waals surface area contributed by atoms with Gasteiger partial charge in [0, 0.05) is 24.6 Å². The molecule has 2 aliphatic heterocycles. The van der Waals surface area contributed by atoms with Gasteiger partial charge in [0.25, 0.3) is 5.91 Å². The lowest BCUT2D eigenvalue weighted by molar-refractivity contribution is -0.151. The van der Waals surface area contributed by atoms with Crippen LogP contribution in [-0.4, -0.2) is 41.6 Å². The third-order valence-corrected chi connectivity index (χ3v) is 5.51. The lowest BCUT2D eigenvalue weighted by Crippen LogP contribution is -2.46. The quantitative estimate of drug-likeness (QED) is 0.875. The van der Waals surface area contributed by atoms with Crippen LogP contribution in [0.5, 0.6) is 5.75 Å². The number of fused-ring (bicyclic) bond motifs is 3. The van der Waals surface area contributed by atoms with Crippen LogP contribution in [0.4, 0.5) is 4.39 Å². The second kappa shape index (κ2) is 5.99. The topological polar surface area (TPSA) is 66.8 Å². The van der Waals surface area contributed by atoms with Crippen molar-refractivity contribution >= 4 is 23.5 Å². The highest BCUT2D eigenvalue weighted by molar-refractivity contribution is 6.31. The summed E-state index contributed by atoms with van der Waals surface area (Å²) in [4.78, 5) is 26.3. The Kier molecular flexibility index (Phi) is 3.88. The number of para-hydroxylation sites is 1. The lowest BCUT2D eigenvalue weighted by atomic mass is 9.73. The fraction of sp³-hybridized carbons (Fsp3) is 0.263. The number of rotatable bonds is 2. The molecule has 0 spiro atoms. The molecule has 2 atom stereocenters. The standard InChI is InChI=1S/C19H15ClFNO4/c20-14-6-3-5-12(16(14)21)17(23)22-8-13-11-4-1-2-7-15(11)26-10-19(13,9-22)18(24)25/h1-7,13H,8-10H2,(H,24,25)/t13-,19-/m0/s1. The Morgan fingerprint density at radius 3 is 2.77 bits per heavy atom. The summed E-state index contributed by atoms with van der Waals surface area (Å²) in [5.74, 6) is -2.19. The molecule has 0 unspecified atom stereocenters. The van der Waals surface area contributed by atoms with E-state index in [4.69, 9.17) is 16.3 Å². The molecule has 26 heavy (non-hydrogen) atoms. The molecule has 0 bridgehead atoms. The molecule has 2 aliphatic rings. The van der Waals surface area contributed by atoms with Crippen molar-refractivity contribution in [2.24, 2.45) is 5.41 Å². The summed E-state index contributed by atoms with van der Waals surface area (Å²) in [7, 11) is 0. The van der Waals surface area contributed by atoms with Gasteiger partial charge in [-0.15, -0.1) is 0 Å². The predicted molar refractivity (Wildman–Crippen MR) is 92.1 cm³/mol. The summed E-state index contributed by atoms with van der Waals surface area (Å²) >= 11 is 5.77. The van der Waals surface area contributed by atoms with Gasteiger partial charge in [0.05, 0.1) is 10.6 Å². The second-order valence-electron chi connectivity index (χ2n) is 6.63. The van der Waals surface area contributed by atoms with Crippen LogP contribution in [0, 0.1) is 11.2 Å². The maximum Gasteiger partial charge on any atom is 0.315 e. The average molecular weight is 376 g/mol. The predicted octanol–water partition coefficient (Wildman–Crippen LogP) is 3.18. The minimum Gasteiger partial charge on any atom is -0.492 e. The SMILES string of the molecule is O=C(c1cccc(Cl)c1F)N1C[C@H]2c3ccccc3OC[C@@]2(C(=O)O)C1.